The van der Waals surface area contributed by atoms with Gasteiger partial charge in [-0.3, -0.25) is 0 Å². The molecular formula is C3H8O4Ti. The van der Waals surface area contributed by atoms with E-state index in [4.69, 9.17) is 16.9 Å². The molecule has 2 N–H and O–H groups in total. The van der Waals surface area contributed by atoms with Crippen LogP contribution in [0.2, 0.25) is 0 Å². The van der Waals surface area contributed by atoms with Crippen LogP contribution in [-0.2, 0) is 25.7 Å². The van der Waals surface area contributed by atoms with Gasteiger partial charge in [0.1, 0.15) is 0 Å². The van der Waals surface area contributed by atoms with Crippen LogP contribution in [0, 0.1) is 0 Å². The second kappa shape index (κ2) is 10.3. The fraction of sp³-hybridized carbons (Fsp3) is 1.00. The summed E-state index contributed by atoms with van der Waals surface area (Å²) in [6, 6.07) is 0. The van der Waals surface area contributed by atoms with Crippen molar-refractivity contribution in [3.05, 3.63) is 0 Å². The number of hydrogen-bond donors (Lipinski definition) is 2. The summed E-state index contributed by atoms with van der Waals surface area (Å²) in [5.74, 6) is 0. The van der Waals surface area contributed by atoms with Crippen LogP contribution in [0.4, 0.5) is 0 Å². The van der Waals surface area contributed by atoms with Crippen molar-refractivity contribution in [2.75, 3.05) is 0 Å². The Hall–Kier alpha value is 0.234. The van der Waals surface area contributed by atoms with E-state index >= 15 is 0 Å². The first-order valence-corrected chi connectivity index (χ1v) is 3.32. The average Bonchev–Trinajstić information content (AvgIpc) is 1.69. The van der Waals surface area contributed by atoms with Crippen molar-refractivity contribution in [1.29, 1.82) is 0 Å². The standard InChI is InChI=1S/C3H8O2.2O.Ti/c1-2-3(4)5;;;/h3-5H,2H2,1H3;;;. The molecule has 0 fully saturated rings. The topological polar surface area (TPSA) is 74.6 Å². The number of hydrogen-bond acceptors (Lipinski definition) is 4. The molecular weight excluding hydrogens is 148 g/mol. The summed E-state index contributed by atoms with van der Waals surface area (Å²) in [6.45, 7) is 1.70. The van der Waals surface area contributed by atoms with Gasteiger partial charge in [-0.2, -0.15) is 0 Å². The number of aliphatic hydroxyl groups excluding tert-OH is 1. The Labute approximate surface area is 56.1 Å². The quantitative estimate of drug-likeness (QED) is 0.395. The summed E-state index contributed by atoms with van der Waals surface area (Å²) in [6.07, 6.45) is -0.699. The van der Waals surface area contributed by atoms with Gasteiger partial charge in [0.15, 0.2) is 6.29 Å². The second-order valence-corrected chi connectivity index (χ2v) is 1.23. The van der Waals surface area contributed by atoms with Gasteiger partial charge < -0.3 is 10.2 Å². The first kappa shape index (κ1) is 11.1. The molecule has 0 aromatic carbocycles. The SMILES string of the molecule is CCC(O)O.[O]=[Ti]=[O]. The van der Waals surface area contributed by atoms with E-state index < -0.39 is 25.4 Å². The van der Waals surface area contributed by atoms with Crippen LogP contribution in [0.25, 0.3) is 0 Å². The summed E-state index contributed by atoms with van der Waals surface area (Å²) in [7, 11) is 0. The predicted octanol–water partition coefficient (Wildman–Crippen LogP) is -0.533. The van der Waals surface area contributed by atoms with Crippen molar-refractivity contribution in [3.63, 3.8) is 0 Å². The number of aliphatic hydroxyl groups is 2. The Morgan fingerprint density at radius 2 is 1.62 bits per heavy atom. The third kappa shape index (κ3) is 34.2. The van der Waals surface area contributed by atoms with Crippen LogP contribution in [0.5, 0.6) is 0 Å². The molecule has 0 aliphatic heterocycles. The fourth-order valence-electron chi connectivity index (χ4n) is 0. The molecule has 0 amide bonds. The van der Waals surface area contributed by atoms with Gasteiger partial charge in [-0.05, 0) is 6.42 Å². The summed E-state index contributed by atoms with van der Waals surface area (Å²) < 4.78 is 17.0. The summed E-state index contributed by atoms with van der Waals surface area (Å²) in [4.78, 5) is 0. The molecule has 0 heterocycles. The molecule has 0 unspecified atom stereocenters. The van der Waals surface area contributed by atoms with Crippen molar-refractivity contribution in [1.82, 2.24) is 0 Å². The maximum atomic E-state index is 8.50. The Morgan fingerprint density at radius 3 is 1.62 bits per heavy atom. The van der Waals surface area contributed by atoms with E-state index in [1.807, 2.05) is 0 Å². The molecule has 0 radical (unpaired) electrons. The van der Waals surface area contributed by atoms with E-state index in [1.54, 1.807) is 6.92 Å². The molecule has 4 nitrogen and oxygen atoms in total. The minimum atomic E-state index is -2.00. The molecule has 0 aromatic rings. The maximum absolute atomic E-state index is 8.50. The zero-order valence-electron chi connectivity index (χ0n) is 4.50. The van der Waals surface area contributed by atoms with E-state index in [2.05, 4.69) is 0 Å². The van der Waals surface area contributed by atoms with E-state index in [0.717, 1.165) is 0 Å². The van der Waals surface area contributed by atoms with Crippen LogP contribution in [0.3, 0.4) is 0 Å². The zero-order valence-corrected chi connectivity index (χ0v) is 6.06. The Morgan fingerprint density at radius 1 is 1.50 bits per heavy atom. The van der Waals surface area contributed by atoms with Crippen LogP contribution in [-0.4, -0.2) is 16.5 Å². The zero-order chi connectivity index (χ0) is 6.99. The minimum absolute atomic E-state index is 0.417. The van der Waals surface area contributed by atoms with E-state index in [0.29, 0.717) is 6.42 Å². The fourth-order valence-corrected chi connectivity index (χ4v) is 0. The number of rotatable bonds is 1. The van der Waals surface area contributed by atoms with Crippen molar-refractivity contribution < 1.29 is 36.0 Å². The summed E-state index contributed by atoms with van der Waals surface area (Å²) in [5, 5.41) is 15.8. The Bertz CT molecular complexity index is 65.7. The molecule has 0 saturated carbocycles. The first-order chi connectivity index (χ1) is 3.68. The van der Waals surface area contributed by atoms with Gasteiger partial charge in [0.05, 0.1) is 0 Å². The summed E-state index contributed by atoms with van der Waals surface area (Å²) in [5.41, 5.74) is 0. The summed E-state index contributed by atoms with van der Waals surface area (Å²) >= 11 is -2.00. The molecule has 48 valence electrons. The Kier molecular flexibility index (Phi) is 14.2. The van der Waals surface area contributed by atoms with Crippen molar-refractivity contribution in [2.24, 2.45) is 0 Å². The van der Waals surface area contributed by atoms with Gasteiger partial charge >= 0.3 is 25.7 Å². The molecule has 0 rings (SSSR count). The van der Waals surface area contributed by atoms with Crippen LogP contribution in [0.15, 0.2) is 0 Å². The molecule has 0 saturated heterocycles. The molecule has 8 heavy (non-hydrogen) atoms. The van der Waals surface area contributed by atoms with Gasteiger partial charge in [-0.15, -0.1) is 0 Å². The van der Waals surface area contributed by atoms with Gasteiger partial charge in [-0.25, -0.2) is 0 Å². The van der Waals surface area contributed by atoms with E-state index in [1.165, 1.54) is 0 Å². The normalized spacial score (nSPS) is 7.00. The van der Waals surface area contributed by atoms with E-state index in [-0.39, 0.29) is 0 Å². The average molecular weight is 156 g/mol. The van der Waals surface area contributed by atoms with E-state index in [9.17, 15) is 0 Å². The Balaban J connectivity index is 0. The third-order valence-electron chi connectivity index (χ3n) is 0.365. The van der Waals surface area contributed by atoms with Gasteiger partial charge in [-0.1, -0.05) is 6.92 Å². The first-order valence-electron chi connectivity index (χ1n) is 2.04. The third-order valence-corrected chi connectivity index (χ3v) is 0.365. The monoisotopic (exact) mass is 156 g/mol. The van der Waals surface area contributed by atoms with Gasteiger partial charge in [0, 0.05) is 0 Å². The van der Waals surface area contributed by atoms with Crippen LogP contribution in [0.1, 0.15) is 13.3 Å². The molecule has 5 heteroatoms. The van der Waals surface area contributed by atoms with Crippen molar-refractivity contribution >= 4 is 0 Å². The van der Waals surface area contributed by atoms with Crippen molar-refractivity contribution in [2.45, 2.75) is 19.6 Å². The second-order valence-electron chi connectivity index (χ2n) is 0.972. The molecule has 0 aliphatic carbocycles. The molecule has 0 spiro atoms. The van der Waals surface area contributed by atoms with Crippen LogP contribution >= 0.6 is 0 Å². The molecule has 0 bridgehead atoms. The van der Waals surface area contributed by atoms with Gasteiger partial charge in [0.25, 0.3) is 0 Å². The molecule has 0 atom stereocenters. The van der Waals surface area contributed by atoms with Gasteiger partial charge in [0.2, 0.25) is 0 Å². The molecule has 0 aromatic heterocycles. The predicted molar refractivity (Wildman–Crippen MR) is 19.9 cm³/mol. The van der Waals surface area contributed by atoms with Crippen LogP contribution < -0.4 is 0 Å². The molecule has 0 aliphatic rings. The van der Waals surface area contributed by atoms with Crippen molar-refractivity contribution in [3.8, 4) is 0 Å².